The van der Waals surface area contributed by atoms with Gasteiger partial charge in [0.1, 0.15) is 11.5 Å². The maximum atomic E-state index is 12.1. The van der Waals surface area contributed by atoms with Crippen LogP contribution in [0.15, 0.2) is 42.5 Å². The van der Waals surface area contributed by atoms with E-state index in [9.17, 15) is 4.79 Å². The fourth-order valence-electron chi connectivity index (χ4n) is 2.43. The molecule has 1 N–H and O–H groups in total. The second-order valence-electron chi connectivity index (χ2n) is 5.35. The molecule has 0 bridgehead atoms. The van der Waals surface area contributed by atoms with Gasteiger partial charge in [0.25, 0.3) is 0 Å². The number of carbonyl (C=O) groups excluding carboxylic acids is 1. The zero-order valence-electron chi connectivity index (χ0n) is 15.4. The first-order valence-electron chi connectivity index (χ1n) is 8.00. The van der Waals surface area contributed by atoms with E-state index in [1.807, 2.05) is 24.3 Å². The number of para-hydroxylation sites is 1. The van der Waals surface area contributed by atoms with Gasteiger partial charge in [-0.05, 0) is 29.8 Å². The van der Waals surface area contributed by atoms with Crippen LogP contribution >= 0.6 is 0 Å². The highest BCUT2D eigenvalue weighted by Crippen LogP contribution is 2.30. The van der Waals surface area contributed by atoms with Crippen molar-refractivity contribution in [2.45, 2.75) is 6.54 Å². The molecule has 0 aliphatic carbocycles. The average molecular weight is 357 g/mol. The van der Waals surface area contributed by atoms with Crippen molar-refractivity contribution in [3.8, 4) is 23.0 Å². The van der Waals surface area contributed by atoms with Crippen LogP contribution in [0.4, 0.5) is 0 Å². The highest BCUT2D eigenvalue weighted by atomic mass is 16.5. The van der Waals surface area contributed by atoms with Crippen LogP contribution in [0.25, 0.3) is 6.08 Å². The van der Waals surface area contributed by atoms with Gasteiger partial charge in [0, 0.05) is 24.3 Å². The van der Waals surface area contributed by atoms with Crippen LogP contribution in [0.2, 0.25) is 0 Å². The summed E-state index contributed by atoms with van der Waals surface area (Å²) in [5.74, 6) is 2.32. The smallest absolute Gasteiger partial charge is 0.244 e. The van der Waals surface area contributed by atoms with Crippen LogP contribution in [0.3, 0.4) is 0 Å². The van der Waals surface area contributed by atoms with Crippen LogP contribution in [0, 0.1) is 0 Å². The summed E-state index contributed by atoms with van der Waals surface area (Å²) in [4.78, 5) is 12.1. The second kappa shape index (κ2) is 9.36. The van der Waals surface area contributed by atoms with Gasteiger partial charge in [0.15, 0.2) is 11.5 Å². The molecule has 0 aromatic heterocycles. The van der Waals surface area contributed by atoms with E-state index < -0.39 is 0 Å². The van der Waals surface area contributed by atoms with Crippen molar-refractivity contribution < 1.29 is 23.7 Å². The molecular formula is C20H23NO5. The van der Waals surface area contributed by atoms with Gasteiger partial charge in [-0.25, -0.2) is 0 Å². The molecule has 6 heteroatoms. The lowest BCUT2D eigenvalue weighted by Crippen LogP contribution is -2.20. The van der Waals surface area contributed by atoms with Gasteiger partial charge in [-0.15, -0.1) is 0 Å². The van der Waals surface area contributed by atoms with Crippen molar-refractivity contribution in [2.24, 2.45) is 0 Å². The molecule has 0 saturated heterocycles. The lowest BCUT2D eigenvalue weighted by molar-refractivity contribution is -0.116. The third-order valence-corrected chi connectivity index (χ3v) is 3.74. The molecular weight excluding hydrogens is 334 g/mol. The van der Waals surface area contributed by atoms with Crippen molar-refractivity contribution in [1.82, 2.24) is 5.32 Å². The van der Waals surface area contributed by atoms with Crippen LogP contribution < -0.4 is 24.3 Å². The number of methoxy groups -OCH3 is 4. The van der Waals surface area contributed by atoms with E-state index in [4.69, 9.17) is 18.9 Å². The molecule has 1 amide bonds. The number of ether oxygens (including phenoxy) is 4. The van der Waals surface area contributed by atoms with Crippen molar-refractivity contribution in [3.05, 3.63) is 53.6 Å². The second-order valence-corrected chi connectivity index (χ2v) is 5.35. The SMILES string of the molecule is COc1cc(/C=C/C(=O)NCc2cccc(OC)c2OC)cc(OC)c1. The zero-order valence-corrected chi connectivity index (χ0v) is 15.4. The van der Waals surface area contributed by atoms with Gasteiger partial charge in [-0.2, -0.15) is 0 Å². The van der Waals surface area contributed by atoms with Gasteiger partial charge >= 0.3 is 0 Å². The highest BCUT2D eigenvalue weighted by molar-refractivity contribution is 5.91. The molecule has 0 atom stereocenters. The minimum atomic E-state index is -0.225. The fraction of sp³-hybridized carbons (Fsp3) is 0.250. The van der Waals surface area contributed by atoms with E-state index in [2.05, 4.69) is 5.32 Å². The Kier molecular flexibility index (Phi) is 6.91. The quantitative estimate of drug-likeness (QED) is 0.736. The summed E-state index contributed by atoms with van der Waals surface area (Å²) in [6.45, 7) is 0.324. The van der Waals surface area contributed by atoms with E-state index in [1.54, 1.807) is 46.6 Å². The normalized spacial score (nSPS) is 10.5. The van der Waals surface area contributed by atoms with E-state index in [1.165, 1.54) is 6.08 Å². The molecule has 0 radical (unpaired) electrons. The van der Waals surface area contributed by atoms with E-state index in [0.717, 1.165) is 11.1 Å². The number of nitrogens with one attached hydrogen (secondary N) is 1. The Morgan fingerprint density at radius 2 is 1.65 bits per heavy atom. The van der Waals surface area contributed by atoms with Gasteiger partial charge in [0.05, 0.1) is 28.4 Å². The van der Waals surface area contributed by atoms with Crippen molar-refractivity contribution >= 4 is 12.0 Å². The third kappa shape index (κ3) is 4.92. The number of benzene rings is 2. The molecule has 138 valence electrons. The fourth-order valence-corrected chi connectivity index (χ4v) is 2.43. The van der Waals surface area contributed by atoms with E-state index in [-0.39, 0.29) is 5.91 Å². The topological polar surface area (TPSA) is 66.0 Å². The summed E-state index contributed by atoms with van der Waals surface area (Å²) >= 11 is 0. The monoisotopic (exact) mass is 357 g/mol. The molecule has 26 heavy (non-hydrogen) atoms. The number of rotatable bonds is 8. The molecule has 0 fully saturated rings. The minimum absolute atomic E-state index is 0.225. The maximum Gasteiger partial charge on any atom is 0.244 e. The Morgan fingerprint density at radius 3 is 2.23 bits per heavy atom. The first-order chi connectivity index (χ1) is 12.6. The van der Waals surface area contributed by atoms with Crippen LogP contribution in [0.1, 0.15) is 11.1 Å². The molecule has 0 heterocycles. The predicted molar refractivity (Wildman–Crippen MR) is 100.0 cm³/mol. The Hall–Kier alpha value is -3.15. The van der Waals surface area contributed by atoms with Crippen molar-refractivity contribution in [3.63, 3.8) is 0 Å². The number of hydrogen-bond acceptors (Lipinski definition) is 5. The van der Waals surface area contributed by atoms with Crippen LogP contribution in [-0.4, -0.2) is 34.3 Å². The lowest BCUT2D eigenvalue weighted by atomic mass is 10.1. The minimum Gasteiger partial charge on any atom is -0.497 e. The number of carbonyl (C=O) groups is 1. The van der Waals surface area contributed by atoms with E-state index in [0.29, 0.717) is 29.5 Å². The maximum absolute atomic E-state index is 12.1. The summed E-state index contributed by atoms with van der Waals surface area (Å²) in [7, 11) is 6.30. The first-order valence-corrected chi connectivity index (χ1v) is 8.00. The Balaban J connectivity index is 2.04. The zero-order chi connectivity index (χ0) is 18.9. The summed E-state index contributed by atoms with van der Waals surface area (Å²) in [5, 5.41) is 2.83. The molecule has 0 aliphatic heterocycles. The summed E-state index contributed by atoms with van der Waals surface area (Å²) < 4.78 is 21.0. The number of hydrogen-bond donors (Lipinski definition) is 1. The molecule has 0 unspecified atom stereocenters. The van der Waals surface area contributed by atoms with Crippen molar-refractivity contribution in [2.75, 3.05) is 28.4 Å². The lowest BCUT2D eigenvalue weighted by Gasteiger charge is -2.12. The Bertz CT molecular complexity index is 764. The summed E-state index contributed by atoms with van der Waals surface area (Å²) in [6.07, 6.45) is 3.16. The number of amides is 1. The van der Waals surface area contributed by atoms with Gasteiger partial charge in [0.2, 0.25) is 5.91 Å². The van der Waals surface area contributed by atoms with Crippen LogP contribution in [-0.2, 0) is 11.3 Å². The highest BCUT2D eigenvalue weighted by Gasteiger charge is 2.09. The van der Waals surface area contributed by atoms with Gasteiger partial charge in [-0.1, -0.05) is 12.1 Å². The average Bonchev–Trinajstić information content (AvgIpc) is 2.69. The van der Waals surface area contributed by atoms with Crippen LogP contribution in [0.5, 0.6) is 23.0 Å². The third-order valence-electron chi connectivity index (χ3n) is 3.74. The summed E-state index contributed by atoms with van der Waals surface area (Å²) in [5.41, 5.74) is 1.63. The predicted octanol–water partition coefficient (Wildman–Crippen LogP) is 3.05. The Morgan fingerprint density at radius 1 is 0.962 bits per heavy atom. The Labute approximate surface area is 153 Å². The molecule has 0 spiro atoms. The molecule has 0 aliphatic rings. The molecule has 0 saturated carbocycles. The molecule has 6 nitrogen and oxygen atoms in total. The molecule has 2 rings (SSSR count). The molecule has 2 aromatic carbocycles. The standard InChI is InChI=1S/C20H23NO5/c1-23-16-10-14(11-17(12-16)24-2)8-9-19(22)21-13-15-6-5-7-18(25-3)20(15)26-4/h5-12H,13H2,1-4H3,(H,21,22)/b9-8+. The van der Waals surface area contributed by atoms with Gasteiger partial charge < -0.3 is 24.3 Å². The van der Waals surface area contributed by atoms with Gasteiger partial charge in [-0.3, -0.25) is 4.79 Å². The largest absolute Gasteiger partial charge is 0.497 e. The van der Waals surface area contributed by atoms with Crippen molar-refractivity contribution in [1.29, 1.82) is 0 Å². The summed E-state index contributed by atoms with van der Waals surface area (Å²) in [6, 6.07) is 10.9. The molecule has 2 aromatic rings. The van der Waals surface area contributed by atoms with E-state index >= 15 is 0 Å². The first kappa shape index (κ1) is 19.2.